The van der Waals surface area contributed by atoms with Crippen LogP contribution in [0.15, 0.2) is 78.9 Å². The van der Waals surface area contributed by atoms with Gasteiger partial charge in [-0.05, 0) is 55.3 Å². The summed E-state index contributed by atoms with van der Waals surface area (Å²) in [6.45, 7) is 5.67. The van der Waals surface area contributed by atoms with Crippen LogP contribution in [0.4, 0.5) is 0 Å². The average Bonchev–Trinajstić information content (AvgIpc) is 2.80. The van der Waals surface area contributed by atoms with E-state index in [1.807, 2.05) is 81.4 Å². The Morgan fingerprint density at radius 1 is 0.742 bits per heavy atom. The fourth-order valence-corrected chi connectivity index (χ4v) is 3.28. The molecule has 0 atom stereocenters. The first-order chi connectivity index (χ1) is 14.9. The lowest BCUT2D eigenvalue weighted by Crippen LogP contribution is -2.28. The van der Waals surface area contributed by atoms with Crippen LogP contribution >= 0.6 is 0 Å². The highest BCUT2D eigenvalue weighted by Crippen LogP contribution is 2.35. The summed E-state index contributed by atoms with van der Waals surface area (Å²) in [5, 5.41) is 3.45. The van der Waals surface area contributed by atoms with Crippen LogP contribution in [0.25, 0.3) is 21.5 Å². The van der Waals surface area contributed by atoms with Crippen LogP contribution in [0.5, 0.6) is 11.5 Å². The first kappa shape index (κ1) is 20.6. The monoisotopic (exact) mass is 412 g/mol. The molecule has 0 aromatic heterocycles. The third-order valence-electron chi connectivity index (χ3n) is 5.67. The molecular weight excluding hydrogens is 388 g/mol. The Labute approximate surface area is 181 Å². The van der Waals surface area contributed by atoms with Gasteiger partial charge >= 0.3 is 11.9 Å². The molecule has 0 bridgehead atoms. The zero-order chi connectivity index (χ0) is 22.0. The second kappa shape index (κ2) is 8.23. The van der Waals surface area contributed by atoms with E-state index in [9.17, 15) is 9.59 Å². The maximum absolute atomic E-state index is 12.8. The van der Waals surface area contributed by atoms with E-state index in [-0.39, 0.29) is 5.97 Å². The minimum atomic E-state index is -0.581. The highest BCUT2D eigenvalue weighted by Gasteiger charge is 2.28. The van der Waals surface area contributed by atoms with Gasteiger partial charge < -0.3 is 9.47 Å². The Kier molecular flexibility index (Phi) is 5.47. The van der Waals surface area contributed by atoms with Crippen LogP contribution in [0.1, 0.15) is 37.6 Å². The fraction of sp³-hybridized carbons (Fsp3) is 0.185. The van der Waals surface area contributed by atoms with Crippen LogP contribution in [-0.4, -0.2) is 11.9 Å². The normalized spacial score (nSPS) is 11.5. The topological polar surface area (TPSA) is 52.6 Å². The van der Waals surface area contributed by atoms with Crippen LogP contribution in [0.2, 0.25) is 0 Å². The van der Waals surface area contributed by atoms with Crippen molar-refractivity contribution < 1.29 is 19.1 Å². The Morgan fingerprint density at radius 3 is 1.97 bits per heavy atom. The molecule has 0 radical (unpaired) electrons. The molecule has 31 heavy (non-hydrogen) atoms. The number of hydrogen-bond acceptors (Lipinski definition) is 4. The molecule has 156 valence electrons. The number of fused-ring (bicyclic) bond motifs is 2. The molecule has 4 nitrogen and oxygen atoms in total. The number of ether oxygens (including phenoxy) is 2. The highest BCUT2D eigenvalue weighted by molar-refractivity contribution is 6.00. The van der Waals surface area contributed by atoms with Crippen molar-refractivity contribution in [2.75, 3.05) is 0 Å². The third kappa shape index (κ3) is 4.15. The number of esters is 2. The highest BCUT2D eigenvalue weighted by atomic mass is 16.5. The fourth-order valence-electron chi connectivity index (χ4n) is 3.28. The number of rotatable bonds is 5. The molecule has 0 aliphatic rings. The van der Waals surface area contributed by atoms with Gasteiger partial charge in [-0.25, -0.2) is 4.79 Å². The van der Waals surface area contributed by atoms with Gasteiger partial charge in [0.15, 0.2) is 0 Å². The molecule has 0 unspecified atom stereocenters. The number of benzene rings is 4. The summed E-state index contributed by atoms with van der Waals surface area (Å²) in [5.74, 6) is 0.143. The summed E-state index contributed by atoms with van der Waals surface area (Å²) in [4.78, 5) is 25.4. The van der Waals surface area contributed by atoms with Crippen molar-refractivity contribution in [1.82, 2.24) is 0 Å². The Morgan fingerprint density at radius 2 is 1.32 bits per heavy atom. The van der Waals surface area contributed by atoms with Crippen molar-refractivity contribution in [2.45, 2.75) is 27.2 Å². The summed E-state index contributed by atoms with van der Waals surface area (Å²) in [7, 11) is 0. The SMILES string of the molecule is CCC(C)(C)C(=O)Oc1ccc(OC(=O)c2ccc3ccccc3c2)c2ccccc12. The zero-order valence-electron chi connectivity index (χ0n) is 17.8. The second-order valence-electron chi connectivity index (χ2n) is 8.19. The largest absolute Gasteiger partial charge is 0.425 e. The average molecular weight is 412 g/mol. The third-order valence-corrected chi connectivity index (χ3v) is 5.67. The quantitative estimate of drug-likeness (QED) is 0.275. The predicted octanol–water partition coefficient (Wildman–Crippen LogP) is 6.55. The first-order valence-electron chi connectivity index (χ1n) is 10.3. The van der Waals surface area contributed by atoms with E-state index in [1.165, 1.54) is 0 Å². The Balaban J connectivity index is 1.65. The number of carbonyl (C=O) groups is 2. The minimum Gasteiger partial charge on any atom is -0.425 e. The molecule has 0 spiro atoms. The summed E-state index contributed by atoms with van der Waals surface area (Å²) >= 11 is 0. The summed E-state index contributed by atoms with van der Waals surface area (Å²) in [6, 6.07) is 24.1. The molecule has 0 aliphatic carbocycles. The van der Waals surface area contributed by atoms with E-state index in [0.29, 0.717) is 34.3 Å². The van der Waals surface area contributed by atoms with Crippen molar-refractivity contribution in [3.8, 4) is 11.5 Å². The van der Waals surface area contributed by atoms with E-state index >= 15 is 0 Å². The zero-order valence-corrected chi connectivity index (χ0v) is 17.8. The van der Waals surface area contributed by atoms with Gasteiger partial charge in [0.25, 0.3) is 0 Å². The molecule has 0 aliphatic heterocycles. The van der Waals surface area contributed by atoms with Crippen molar-refractivity contribution in [1.29, 1.82) is 0 Å². The summed E-state index contributed by atoms with van der Waals surface area (Å²) in [5.41, 5.74) is -0.106. The van der Waals surface area contributed by atoms with E-state index in [4.69, 9.17) is 9.47 Å². The van der Waals surface area contributed by atoms with Crippen molar-refractivity contribution in [3.63, 3.8) is 0 Å². The lowest BCUT2D eigenvalue weighted by molar-refractivity contribution is -0.144. The summed E-state index contributed by atoms with van der Waals surface area (Å²) in [6.07, 6.45) is 0.672. The van der Waals surface area contributed by atoms with E-state index < -0.39 is 11.4 Å². The Hall–Kier alpha value is -3.66. The maximum atomic E-state index is 12.8. The molecule has 0 saturated carbocycles. The molecule has 4 rings (SSSR count). The molecule has 4 heteroatoms. The van der Waals surface area contributed by atoms with Crippen LogP contribution in [0.3, 0.4) is 0 Å². The van der Waals surface area contributed by atoms with E-state index in [1.54, 1.807) is 18.2 Å². The summed E-state index contributed by atoms with van der Waals surface area (Å²) < 4.78 is 11.4. The van der Waals surface area contributed by atoms with Gasteiger partial charge in [-0.3, -0.25) is 4.79 Å². The molecule has 0 N–H and O–H groups in total. The van der Waals surface area contributed by atoms with E-state index in [0.717, 1.165) is 10.8 Å². The molecule has 0 fully saturated rings. The van der Waals surface area contributed by atoms with Gasteiger partial charge in [-0.2, -0.15) is 0 Å². The molecule has 0 amide bonds. The van der Waals surface area contributed by atoms with Gasteiger partial charge in [0.05, 0.1) is 11.0 Å². The van der Waals surface area contributed by atoms with Gasteiger partial charge in [-0.15, -0.1) is 0 Å². The molecule has 4 aromatic rings. The second-order valence-corrected chi connectivity index (χ2v) is 8.19. The number of hydrogen-bond donors (Lipinski definition) is 0. The van der Waals surface area contributed by atoms with Gasteiger partial charge in [0, 0.05) is 10.8 Å². The van der Waals surface area contributed by atoms with Gasteiger partial charge in [-0.1, -0.05) is 61.5 Å². The first-order valence-corrected chi connectivity index (χ1v) is 10.3. The molecule has 4 aromatic carbocycles. The lowest BCUT2D eigenvalue weighted by atomic mass is 9.90. The lowest BCUT2D eigenvalue weighted by Gasteiger charge is -2.21. The number of carbonyl (C=O) groups excluding carboxylic acids is 2. The molecule has 0 saturated heterocycles. The van der Waals surface area contributed by atoms with Crippen LogP contribution in [-0.2, 0) is 4.79 Å². The van der Waals surface area contributed by atoms with Gasteiger partial charge in [0.1, 0.15) is 11.5 Å². The minimum absolute atomic E-state index is 0.291. The van der Waals surface area contributed by atoms with Crippen LogP contribution in [0, 0.1) is 5.41 Å². The molecular formula is C27H24O4. The Bertz CT molecular complexity index is 1290. The van der Waals surface area contributed by atoms with Gasteiger partial charge in [0.2, 0.25) is 0 Å². The molecule has 0 heterocycles. The van der Waals surface area contributed by atoms with Crippen molar-refractivity contribution >= 4 is 33.5 Å². The predicted molar refractivity (Wildman–Crippen MR) is 123 cm³/mol. The standard InChI is InChI=1S/C27H24O4/c1-4-27(2,3)26(29)31-24-16-15-23(21-11-7-8-12-22(21)24)30-25(28)20-14-13-18-9-5-6-10-19(18)17-20/h5-17H,4H2,1-3H3. The smallest absolute Gasteiger partial charge is 0.343 e. The van der Waals surface area contributed by atoms with Crippen molar-refractivity contribution in [3.05, 3.63) is 84.4 Å². The van der Waals surface area contributed by atoms with E-state index in [2.05, 4.69) is 0 Å². The maximum Gasteiger partial charge on any atom is 0.343 e. The van der Waals surface area contributed by atoms with Crippen LogP contribution < -0.4 is 9.47 Å². The van der Waals surface area contributed by atoms with Crippen molar-refractivity contribution in [2.24, 2.45) is 5.41 Å².